The Balaban J connectivity index is 0.000000286. The molecule has 1 atom stereocenters. The number of hydrogen-bond donors (Lipinski definition) is 2. The molecule has 0 amide bonds. The van der Waals surface area contributed by atoms with Gasteiger partial charge in [0.05, 0.1) is 17.6 Å². The summed E-state index contributed by atoms with van der Waals surface area (Å²) >= 11 is 2.07. The number of carboxylic acids is 2. The van der Waals surface area contributed by atoms with Crippen molar-refractivity contribution in [3.8, 4) is 5.75 Å². The number of aliphatic carboxylic acids is 2. The fraction of sp³-hybridized carbons (Fsp3) is 0.524. The van der Waals surface area contributed by atoms with Crippen molar-refractivity contribution in [2.45, 2.75) is 43.1 Å². The maximum absolute atomic E-state index is 10.6. The van der Waals surface area contributed by atoms with Crippen molar-refractivity contribution in [1.29, 1.82) is 0 Å². The van der Waals surface area contributed by atoms with Gasteiger partial charge in [0.2, 0.25) is 0 Å². The molecule has 1 unspecified atom stereocenters. The van der Waals surface area contributed by atoms with E-state index in [1.165, 1.54) is 5.69 Å². The minimum atomic E-state index is -5.08. The minimum Gasteiger partial charge on any atom is -0.488 e. The number of ether oxygens (including phenoxy) is 1. The van der Waals surface area contributed by atoms with Gasteiger partial charge in [-0.05, 0) is 25.1 Å². The highest BCUT2D eigenvalue weighted by atomic mass is 32.2. The van der Waals surface area contributed by atoms with E-state index in [9.17, 15) is 26.3 Å². The molecule has 2 aromatic rings. The van der Waals surface area contributed by atoms with Crippen LogP contribution in [0.4, 0.5) is 26.3 Å². The molecule has 0 bridgehead atoms. The summed E-state index contributed by atoms with van der Waals surface area (Å²) in [5.74, 6) is -3.55. The van der Waals surface area contributed by atoms with Crippen LogP contribution in [-0.4, -0.2) is 83.9 Å². The van der Waals surface area contributed by atoms with E-state index in [-0.39, 0.29) is 0 Å². The maximum atomic E-state index is 10.6. The normalized spacial score (nSPS) is 18.6. The van der Waals surface area contributed by atoms with Gasteiger partial charge in [-0.25, -0.2) is 9.59 Å². The lowest BCUT2D eigenvalue weighted by Gasteiger charge is -2.47. The summed E-state index contributed by atoms with van der Waals surface area (Å²) in [5.41, 5.74) is 2.39. The zero-order chi connectivity index (χ0) is 28.0. The van der Waals surface area contributed by atoms with E-state index < -0.39 is 24.3 Å². The number of aromatic nitrogens is 3. The van der Waals surface area contributed by atoms with Crippen LogP contribution in [0.2, 0.25) is 0 Å². The molecule has 4 rings (SSSR count). The number of hydrogen-bond acceptors (Lipinski definition) is 7. The summed E-state index contributed by atoms with van der Waals surface area (Å²) in [7, 11) is 2.03. The van der Waals surface area contributed by atoms with Crippen LogP contribution in [0.3, 0.4) is 0 Å². The molecule has 2 aliphatic heterocycles. The van der Waals surface area contributed by atoms with Crippen molar-refractivity contribution in [2.24, 2.45) is 7.05 Å². The average molecular weight is 559 g/mol. The Kier molecular flexibility index (Phi) is 9.82. The van der Waals surface area contributed by atoms with Gasteiger partial charge in [-0.15, -0.1) is 11.8 Å². The number of pyridine rings is 1. The van der Waals surface area contributed by atoms with Crippen LogP contribution in [0.1, 0.15) is 17.8 Å². The van der Waals surface area contributed by atoms with E-state index in [0.717, 1.165) is 43.3 Å². The topological polar surface area (TPSA) is 118 Å². The van der Waals surface area contributed by atoms with Crippen LogP contribution in [0.15, 0.2) is 30.6 Å². The first-order chi connectivity index (χ1) is 17.0. The highest BCUT2D eigenvalue weighted by Crippen LogP contribution is 2.46. The van der Waals surface area contributed by atoms with Crippen molar-refractivity contribution in [2.75, 3.05) is 18.8 Å². The first kappa shape index (κ1) is 30.2. The molecular weight excluding hydrogens is 534 g/mol. The highest BCUT2D eigenvalue weighted by Gasteiger charge is 2.49. The predicted molar refractivity (Wildman–Crippen MR) is 119 cm³/mol. The fourth-order valence-electron chi connectivity index (χ4n) is 3.63. The fourth-order valence-corrected chi connectivity index (χ4v) is 5.21. The molecule has 2 N–H and O–H groups in total. The predicted octanol–water partition coefficient (Wildman–Crippen LogP) is 3.53. The molecule has 1 spiro atoms. The van der Waals surface area contributed by atoms with E-state index in [4.69, 9.17) is 24.5 Å². The van der Waals surface area contributed by atoms with Gasteiger partial charge >= 0.3 is 24.3 Å². The van der Waals surface area contributed by atoms with Crippen molar-refractivity contribution in [1.82, 2.24) is 19.7 Å². The lowest BCUT2D eigenvalue weighted by atomic mass is 9.93. The Morgan fingerprint density at radius 2 is 1.73 bits per heavy atom. The quantitative estimate of drug-likeness (QED) is 0.544. The number of rotatable bonds is 4. The second kappa shape index (κ2) is 12.0. The van der Waals surface area contributed by atoms with Gasteiger partial charge in [0.15, 0.2) is 0 Å². The first-order valence-corrected chi connectivity index (χ1v) is 11.5. The Labute approximate surface area is 211 Å². The summed E-state index contributed by atoms with van der Waals surface area (Å²) in [6, 6.07) is 6.09. The van der Waals surface area contributed by atoms with Gasteiger partial charge in [0, 0.05) is 49.8 Å². The van der Waals surface area contributed by atoms with E-state index in [0.29, 0.717) is 10.9 Å². The van der Waals surface area contributed by atoms with Gasteiger partial charge < -0.3 is 14.9 Å². The van der Waals surface area contributed by atoms with Gasteiger partial charge in [0.1, 0.15) is 11.9 Å². The van der Waals surface area contributed by atoms with Crippen molar-refractivity contribution >= 4 is 23.7 Å². The molecule has 2 fully saturated rings. The van der Waals surface area contributed by atoms with Crippen molar-refractivity contribution in [3.63, 3.8) is 0 Å². The third kappa shape index (κ3) is 9.42. The molecular formula is C21H24F6N4O5S. The summed E-state index contributed by atoms with van der Waals surface area (Å²) in [6.45, 7) is 5.34. The third-order valence-electron chi connectivity index (χ3n) is 5.11. The summed E-state index contributed by atoms with van der Waals surface area (Å²) in [5, 5.41) is 18.7. The summed E-state index contributed by atoms with van der Waals surface area (Å²) in [4.78, 5) is 24.4. The number of alkyl halides is 6. The molecule has 4 heterocycles. The van der Waals surface area contributed by atoms with Crippen LogP contribution >= 0.6 is 11.8 Å². The molecule has 2 aliphatic rings. The molecule has 206 valence electrons. The molecule has 2 aromatic heterocycles. The van der Waals surface area contributed by atoms with E-state index in [2.05, 4.69) is 32.8 Å². The molecule has 37 heavy (non-hydrogen) atoms. The second-order valence-electron chi connectivity index (χ2n) is 8.28. The van der Waals surface area contributed by atoms with E-state index in [1.54, 1.807) is 12.4 Å². The zero-order valence-corrected chi connectivity index (χ0v) is 20.4. The smallest absolute Gasteiger partial charge is 0.488 e. The van der Waals surface area contributed by atoms with Gasteiger partial charge in [-0.3, -0.25) is 14.6 Å². The van der Waals surface area contributed by atoms with Crippen LogP contribution in [-0.2, 0) is 23.2 Å². The lowest BCUT2D eigenvalue weighted by molar-refractivity contribution is -0.193. The van der Waals surface area contributed by atoms with Crippen LogP contribution in [0.25, 0.3) is 0 Å². The molecule has 0 aromatic carbocycles. The van der Waals surface area contributed by atoms with Crippen molar-refractivity contribution in [3.05, 3.63) is 42.0 Å². The Bertz CT molecular complexity index is 1030. The Hall–Kier alpha value is -3.01. The van der Waals surface area contributed by atoms with E-state index >= 15 is 0 Å². The number of aryl methyl sites for hydroxylation is 2. The second-order valence-corrected chi connectivity index (χ2v) is 9.77. The number of thioether (sulfide) groups is 1. The number of halogens is 6. The number of likely N-dealkylation sites (tertiary alicyclic amines) is 1. The summed E-state index contributed by atoms with van der Waals surface area (Å²) in [6.07, 6.45) is -5.15. The molecule has 16 heteroatoms. The monoisotopic (exact) mass is 558 g/mol. The molecule has 0 radical (unpaired) electrons. The lowest BCUT2D eigenvalue weighted by Crippen LogP contribution is -2.58. The highest BCUT2D eigenvalue weighted by molar-refractivity contribution is 8.01. The zero-order valence-electron chi connectivity index (χ0n) is 19.6. The number of carboxylic acid groups (broad SMARTS) is 2. The molecule has 0 saturated carbocycles. The molecule has 0 aliphatic carbocycles. The van der Waals surface area contributed by atoms with Crippen LogP contribution in [0, 0.1) is 6.92 Å². The van der Waals surface area contributed by atoms with Gasteiger partial charge in [-0.1, -0.05) is 0 Å². The molecule has 2 saturated heterocycles. The SMILES string of the molecule is Cc1cc(CN2CC3(CC(Oc4cccnc4)CS3)C2)n(C)n1.O=C(O)C(F)(F)F.O=C(O)C(F)(F)F. The largest absolute Gasteiger partial charge is 0.490 e. The summed E-state index contributed by atoms with van der Waals surface area (Å²) < 4.78 is 71.9. The Morgan fingerprint density at radius 3 is 2.16 bits per heavy atom. The average Bonchev–Trinajstić information content (AvgIpc) is 3.30. The van der Waals surface area contributed by atoms with Crippen LogP contribution < -0.4 is 4.74 Å². The van der Waals surface area contributed by atoms with Crippen LogP contribution in [0.5, 0.6) is 5.75 Å². The van der Waals surface area contributed by atoms with E-state index in [1.807, 2.05) is 30.8 Å². The minimum absolute atomic E-state index is 0.310. The van der Waals surface area contributed by atoms with Gasteiger partial charge in [0.25, 0.3) is 0 Å². The standard InChI is InChI=1S/C17H22N4OS.2C2HF3O2/c1-13-6-14(20(2)19-13)9-21-11-17(12-21)7-16(10-23-17)22-15-4-3-5-18-8-15;2*3-2(4,5)1(6)7/h3-6,8,16H,7,9-12H2,1-2H3;2*(H,6,7). The maximum Gasteiger partial charge on any atom is 0.490 e. The van der Waals surface area contributed by atoms with Gasteiger partial charge in [-0.2, -0.15) is 31.4 Å². The number of carbonyl (C=O) groups is 2. The third-order valence-corrected chi connectivity index (χ3v) is 6.68. The Morgan fingerprint density at radius 1 is 1.16 bits per heavy atom. The van der Waals surface area contributed by atoms with Crippen molar-refractivity contribution < 1.29 is 50.9 Å². The first-order valence-electron chi connectivity index (χ1n) is 10.5. The number of nitrogens with zero attached hydrogens (tertiary/aromatic N) is 4. The molecule has 9 nitrogen and oxygen atoms in total.